The predicted molar refractivity (Wildman–Crippen MR) is 82.4 cm³/mol. The predicted octanol–water partition coefficient (Wildman–Crippen LogP) is 0.933. The van der Waals surface area contributed by atoms with Crippen LogP contribution in [0.15, 0.2) is 12.3 Å². The second-order valence-corrected chi connectivity index (χ2v) is 6.26. The van der Waals surface area contributed by atoms with Crippen molar-refractivity contribution in [2.45, 2.75) is 46.0 Å². The quantitative estimate of drug-likeness (QED) is 0.450. The Bertz CT molecular complexity index is 489. The van der Waals surface area contributed by atoms with Crippen LogP contribution in [0, 0.1) is 17.8 Å². The third kappa shape index (κ3) is 5.51. The van der Waals surface area contributed by atoms with Gasteiger partial charge in [0.25, 0.3) is 5.91 Å². The summed E-state index contributed by atoms with van der Waals surface area (Å²) >= 11 is 0. The molecule has 2 N–H and O–H groups in total. The molecule has 1 fully saturated rings. The van der Waals surface area contributed by atoms with Crippen LogP contribution in [0.3, 0.4) is 0 Å². The van der Waals surface area contributed by atoms with Crippen molar-refractivity contribution in [2.75, 3.05) is 13.2 Å². The number of carbonyl (C=O) groups is 2. The van der Waals surface area contributed by atoms with Crippen LogP contribution in [0.4, 0.5) is 0 Å². The van der Waals surface area contributed by atoms with Crippen LogP contribution in [0.1, 0.15) is 34.1 Å². The lowest BCUT2D eigenvalue weighted by molar-refractivity contribution is -0.303. The average Bonchev–Trinajstić information content (AvgIpc) is 2.42. The molecule has 0 aromatic heterocycles. The summed E-state index contributed by atoms with van der Waals surface area (Å²) in [6.45, 7) is 8.12. The third-order valence-corrected chi connectivity index (χ3v) is 3.17. The molecule has 22 heavy (non-hydrogen) atoms. The number of rotatable bonds is 5. The second kappa shape index (κ2) is 7.43. The lowest BCUT2D eigenvalue weighted by Gasteiger charge is -2.44. The molecule has 122 valence electrons. The van der Waals surface area contributed by atoms with Gasteiger partial charge in [-0.3, -0.25) is 9.59 Å². The minimum atomic E-state index is -0.812. The van der Waals surface area contributed by atoms with E-state index in [-0.39, 0.29) is 11.8 Å². The highest BCUT2D eigenvalue weighted by molar-refractivity contribution is 5.89. The fourth-order valence-corrected chi connectivity index (χ4v) is 1.91. The molecule has 0 aromatic carbocycles. The largest absolute Gasteiger partial charge is 0.352 e. The number of carbonyl (C=O) groups excluding carboxylic acids is 2. The standard InChI is InChI=1S/C16H24N2O4/c1-6-7-9-17-12(19)8-10-18-14(20)13-15(2,3)11-21-16(4,5)22-13/h1,8,10,13H,7,9,11H2,2-5H3,(H,17,19)(H,18,20)/b10-8+/t13-/m0/s1. The van der Waals surface area contributed by atoms with Gasteiger partial charge in [0.15, 0.2) is 5.79 Å². The molecule has 0 radical (unpaired) electrons. The summed E-state index contributed by atoms with van der Waals surface area (Å²) in [7, 11) is 0. The Morgan fingerprint density at radius 1 is 1.36 bits per heavy atom. The molecule has 1 atom stereocenters. The van der Waals surface area contributed by atoms with Gasteiger partial charge in [0.1, 0.15) is 6.10 Å². The fourth-order valence-electron chi connectivity index (χ4n) is 1.91. The zero-order valence-electron chi connectivity index (χ0n) is 13.6. The first-order valence-electron chi connectivity index (χ1n) is 7.18. The van der Waals surface area contributed by atoms with Gasteiger partial charge in [-0.1, -0.05) is 13.8 Å². The molecular formula is C16H24N2O4. The molecule has 1 aliphatic heterocycles. The number of terminal acetylenes is 1. The molecule has 0 spiro atoms. The second-order valence-electron chi connectivity index (χ2n) is 6.26. The van der Waals surface area contributed by atoms with Gasteiger partial charge < -0.3 is 20.1 Å². The van der Waals surface area contributed by atoms with Gasteiger partial charge in [0.05, 0.1) is 6.61 Å². The van der Waals surface area contributed by atoms with Gasteiger partial charge in [0, 0.05) is 30.7 Å². The van der Waals surface area contributed by atoms with Crippen LogP contribution in [-0.4, -0.2) is 36.9 Å². The molecule has 0 unspecified atom stereocenters. The van der Waals surface area contributed by atoms with Crippen LogP contribution in [0.5, 0.6) is 0 Å². The molecule has 1 saturated heterocycles. The Hall–Kier alpha value is -1.84. The average molecular weight is 308 g/mol. The van der Waals surface area contributed by atoms with E-state index in [0.717, 1.165) is 0 Å². The molecule has 2 amide bonds. The summed E-state index contributed by atoms with van der Waals surface area (Å²) in [5, 5.41) is 5.16. The van der Waals surface area contributed by atoms with Crippen molar-refractivity contribution >= 4 is 11.8 Å². The lowest BCUT2D eigenvalue weighted by atomic mass is 9.85. The molecular weight excluding hydrogens is 284 g/mol. The monoisotopic (exact) mass is 308 g/mol. The molecule has 1 aliphatic rings. The first-order chi connectivity index (χ1) is 10.2. The van der Waals surface area contributed by atoms with Crippen molar-refractivity contribution in [1.82, 2.24) is 10.6 Å². The maximum absolute atomic E-state index is 12.2. The zero-order valence-corrected chi connectivity index (χ0v) is 13.6. The number of hydrogen-bond acceptors (Lipinski definition) is 4. The van der Waals surface area contributed by atoms with Crippen LogP contribution in [-0.2, 0) is 19.1 Å². The Labute approximate surface area is 131 Å². The van der Waals surface area contributed by atoms with Crippen molar-refractivity contribution in [3.05, 3.63) is 12.3 Å². The topological polar surface area (TPSA) is 76.7 Å². The van der Waals surface area contributed by atoms with Crippen molar-refractivity contribution in [1.29, 1.82) is 0 Å². The number of hydrogen-bond donors (Lipinski definition) is 2. The minimum Gasteiger partial charge on any atom is -0.352 e. The van der Waals surface area contributed by atoms with Crippen molar-refractivity contribution in [2.24, 2.45) is 5.41 Å². The first kappa shape index (κ1) is 18.2. The molecule has 0 aromatic rings. The highest BCUT2D eigenvalue weighted by Crippen LogP contribution is 2.34. The minimum absolute atomic E-state index is 0.311. The maximum Gasteiger partial charge on any atom is 0.253 e. The smallest absolute Gasteiger partial charge is 0.253 e. The molecule has 0 aliphatic carbocycles. The van der Waals surface area contributed by atoms with Gasteiger partial charge in [-0.25, -0.2) is 0 Å². The number of nitrogens with one attached hydrogen (secondary N) is 2. The summed E-state index contributed by atoms with van der Waals surface area (Å²) in [6, 6.07) is 0. The van der Waals surface area contributed by atoms with E-state index in [0.29, 0.717) is 19.6 Å². The fraction of sp³-hybridized carbons (Fsp3) is 0.625. The van der Waals surface area contributed by atoms with E-state index >= 15 is 0 Å². The summed E-state index contributed by atoms with van der Waals surface area (Å²) < 4.78 is 11.3. The lowest BCUT2D eigenvalue weighted by Crippen LogP contribution is -2.55. The molecule has 0 bridgehead atoms. The summed E-state index contributed by atoms with van der Waals surface area (Å²) in [5.41, 5.74) is -0.456. The number of amides is 2. The Balaban J connectivity index is 2.53. The van der Waals surface area contributed by atoms with Crippen LogP contribution >= 0.6 is 0 Å². The summed E-state index contributed by atoms with van der Waals surface area (Å²) in [4.78, 5) is 23.7. The third-order valence-electron chi connectivity index (χ3n) is 3.17. The summed E-state index contributed by atoms with van der Waals surface area (Å²) in [5.74, 6) is 0.981. The van der Waals surface area contributed by atoms with E-state index in [1.807, 2.05) is 13.8 Å². The van der Waals surface area contributed by atoms with Crippen molar-refractivity contribution in [3.63, 3.8) is 0 Å². The van der Waals surface area contributed by atoms with Gasteiger partial charge >= 0.3 is 0 Å². The molecule has 6 heteroatoms. The van der Waals surface area contributed by atoms with Crippen LogP contribution in [0.2, 0.25) is 0 Å². The van der Waals surface area contributed by atoms with E-state index in [9.17, 15) is 9.59 Å². The van der Waals surface area contributed by atoms with Gasteiger partial charge in [-0.2, -0.15) is 0 Å². The van der Waals surface area contributed by atoms with E-state index in [4.69, 9.17) is 15.9 Å². The van der Waals surface area contributed by atoms with Gasteiger partial charge in [-0.15, -0.1) is 12.3 Å². The molecule has 6 nitrogen and oxygen atoms in total. The Kier molecular flexibility index (Phi) is 6.15. The Morgan fingerprint density at radius 2 is 2.05 bits per heavy atom. The maximum atomic E-state index is 12.2. The first-order valence-corrected chi connectivity index (χ1v) is 7.18. The normalized spacial score (nSPS) is 22.8. The molecule has 1 rings (SSSR count). The van der Waals surface area contributed by atoms with E-state index in [2.05, 4.69) is 16.6 Å². The van der Waals surface area contributed by atoms with Crippen LogP contribution in [0.25, 0.3) is 0 Å². The van der Waals surface area contributed by atoms with Crippen LogP contribution < -0.4 is 10.6 Å². The van der Waals surface area contributed by atoms with Gasteiger partial charge in [-0.05, 0) is 13.8 Å². The van der Waals surface area contributed by atoms with Crippen molar-refractivity contribution in [3.8, 4) is 12.3 Å². The summed E-state index contributed by atoms with van der Waals surface area (Å²) in [6.07, 6.45) is 7.43. The van der Waals surface area contributed by atoms with Gasteiger partial charge in [0.2, 0.25) is 5.91 Å². The molecule has 1 heterocycles. The van der Waals surface area contributed by atoms with Crippen molar-refractivity contribution < 1.29 is 19.1 Å². The van der Waals surface area contributed by atoms with E-state index in [1.165, 1.54) is 12.3 Å². The Morgan fingerprint density at radius 3 is 2.68 bits per heavy atom. The van der Waals surface area contributed by atoms with E-state index in [1.54, 1.807) is 13.8 Å². The number of ether oxygens (including phenoxy) is 2. The molecule has 0 saturated carbocycles. The highest BCUT2D eigenvalue weighted by Gasteiger charge is 2.45. The van der Waals surface area contributed by atoms with E-state index < -0.39 is 17.3 Å². The highest BCUT2D eigenvalue weighted by atomic mass is 16.7. The SMILES string of the molecule is C#CCCNC(=O)/C=C/NC(=O)[C@@H]1OC(C)(C)OCC1(C)C. The zero-order chi connectivity index (χ0) is 16.8.